The minimum Gasteiger partial charge on any atom is -0.399 e. The molecular formula is C17H23BFNO3. The molecule has 0 aromatic heterocycles. The van der Waals surface area contributed by atoms with Gasteiger partial charge < -0.3 is 14.6 Å². The Kier molecular flexibility index (Phi) is 4.01. The maximum atomic E-state index is 14.4. The molecule has 2 aliphatic rings. The number of carbonyl (C=O) groups excluding carboxylic acids is 1. The highest BCUT2D eigenvalue weighted by Crippen LogP contribution is 2.36. The molecule has 1 amide bonds. The van der Waals surface area contributed by atoms with Gasteiger partial charge in [-0.25, -0.2) is 4.39 Å². The SMILES string of the molecule is CC1(C)OB(c2ccc(CC(=O)NC3CC3)cc2F)OC1(C)C. The Morgan fingerprint density at radius 2 is 1.87 bits per heavy atom. The third kappa shape index (κ3) is 3.43. The Bertz CT molecular complexity index is 612. The number of hydrogen-bond donors (Lipinski definition) is 1. The maximum Gasteiger partial charge on any atom is 0.497 e. The summed E-state index contributed by atoms with van der Waals surface area (Å²) in [6.07, 6.45) is 2.28. The molecule has 0 unspecified atom stereocenters. The topological polar surface area (TPSA) is 47.6 Å². The summed E-state index contributed by atoms with van der Waals surface area (Å²) in [6.45, 7) is 7.73. The molecule has 4 nitrogen and oxygen atoms in total. The fourth-order valence-electron chi connectivity index (χ4n) is 2.53. The van der Waals surface area contributed by atoms with Crippen LogP contribution in [0.1, 0.15) is 46.1 Å². The fourth-order valence-corrected chi connectivity index (χ4v) is 2.53. The Morgan fingerprint density at radius 1 is 1.26 bits per heavy atom. The first kappa shape index (κ1) is 16.5. The second kappa shape index (κ2) is 5.60. The molecule has 23 heavy (non-hydrogen) atoms. The molecule has 1 aromatic rings. The number of halogens is 1. The number of carbonyl (C=O) groups is 1. The highest BCUT2D eigenvalue weighted by atomic mass is 19.1. The van der Waals surface area contributed by atoms with E-state index in [2.05, 4.69) is 5.32 Å². The van der Waals surface area contributed by atoms with Gasteiger partial charge >= 0.3 is 7.12 Å². The lowest BCUT2D eigenvalue weighted by Crippen LogP contribution is -2.41. The van der Waals surface area contributed by atoms with Crippen LogP contribution in [0, 0.1) is 5.82 Å². The van der Waals surface area contributed by atoms with Gasteiger partial charge in [0, 0.05) is 11.5 Å². The second-order valence-corrected chi connectivity index (χ2v) is 7.46. The Labute approximate surface area is 136 Å². The third-order valence-electron chi connectivity index (χ3n) is 4.88. The number of nitrogens with one attached hydrogen (secondary N) is 1. The average molecular weight is 319 g/mol. The Hall–Kier alpha value is -1.40. The van der Waals surface area contributed by atoms with Crippen molar-refractivity contribution in [2.24, 2.45) is 0 Å². The molecule has 1 heterocycles. The molecule has 0 bridgehead atoms. The van der Waals surface area contributed by atoms with Gasteiger partial charge in [-0.1, -0.05) is 12.1 Å². The quantitative estimate of drug-likeness (QED) is 0.863. The smallest absolute Gasteiger partial charge is 0.399 e. The highest BCUT2D eigenvalue weighted by molar-refractivity contribution is 6.62. The van der Waals surface area contributed by atoms with Crippen LogP contribution in [0.2, 0.25) is 0 Å². The first-order valence-corrected chi connectivity index (χ1v) is 8.11. The summed E-state index contributed by atoms with van der Waals surface area (Å²) < 4.78 is 26.2. The number of benzene rings is 1. The van der Waals surface area contributed by atoms with Crippen LogP contribution in [0.5, 0.6) is 0 Å². The van der Waals surface area contributed by atoms with Crippen molar-refractivity contribution < 1.29 is 18.5 Å². The molecular weight excluding hydrogens is 296 g/mol. The summed E-state index contributed by atoms with van der Waals surface area (Å²) in [4.78, 5) is 11.8. The van der Waals surface area contributed by atoms with E-state index in [0.29, 0.717) is 17.1 Å². The summed E-state index contributed by atoms with van der Waals surface area (Å²) in [5.74, 6) is -0.462. The number of rotatable bonds is 4. The van der Waals surface area contributed by atoms with Crippen LogP contribution >= 0.6 is 0 Å². The number of amides is 1. The van der Waals surface area contributed by atoms with Gasteiger partial charge in [0.25, 0.3) is 0 Å². The van der Waals surface area contributed by atoms with E-state index in [0.717, 1.165) is 12.8 Å². The average Bonchev–Trinajstić information content (AvgIpc) is 3.17. The molecule has 6 heteroatoms. The summed E-state index contributed by atoms with van der Waals surface area (Å²) in [6, 6.07) is 5.12. The monoisotopic (exact) mass is 319 g/mol. The van der Waals surface area contributed by atoms with Gasteiger partial charge in [-0.2, -0.15) is 0 Å². The van der Waals surface area contributed by atoms with Crippen molar-refractivity contribution >= 4 is 18.5 Å². The summed E-state index contributed by atoms with van der Waals surface area (Å²) >= 11 is 0. The van der Waals surface area contributed by atoms with Gasteiger partial charge in [-0.15, -0.1) is 0 Å². The lowest BCUT2D eigenvalue weighted by atomic mass is 9.78. The predicted octanol–water partition coefficient (Wildman–Crippen LogP) is 1.95. The minimum atomic E-state index is -0.727. The molecule has 1 saturated heterocycles. The van der Waals surface area contributed by atoms with E-state index < -0.39 is 24.1 Å². The molecule has 0 radical (unpaired) electrons. The van der Waals surface area contributed by atoms with E-state index >= 15 is 0 Å². The Balaban J connectivity index is 1.71. The Morgan fingerprint density at radius 3 is 2.39 bits per heavy atom. The van der Waals surface area contributed by atoms with Crippen LogP contribution < -0.4 is 10.8 Å². The zero-order valence-electron chi connectivity index (χ0n) is 14.1. The van der Waals surface area contributed by atoms with E-state index in [4.69, 9.17) is 9.31 Å². The number of hydrogen-bond acceptors (Lipinski definition) is 3. The van der Waals surface area contributed by atoms with Crippen LogP contribution in [-0.2, 0) is 20.5 Å². The lowest BCUT2D eigenvalue weighted by Gasteiger charge is -2.32. The molecule has 0 spiro atoms. The van der Waals surface area contributed by atoms with Crippen molar-refractivity contribution in [2.75, 3.05) is 0 Å². The van der Waals surface area contributed by atoms with Crippen molar-refractivity contribution in [1.82, 2.24) is 5.32 Å². The molecule has 1 N–H and O–H groups in total. The minimum absolute atomic E-state index is 0.0599. The molecule has 2 fully saturated rings. The van der Waals surface area contributed by atoms with Gasteiger partial charge in [0.1, 0.15) is 5.82 Å². The van der Waals surface area contributed by atoms with Crippen LogP contribution in [0.3, 0.4) is 0 Å². The molecule has 3 rings (SSSR count). The van der Waals surface area contributed by atoms with Crippen molar-refractivity contribution in [1.29, 1.82) is 0 Å². The normalized spacial score (nSPS) is 22.2. The highest BCUT2D eigenvalue weighted by Gasteiger charge is 2.52. The van der Waals surface area contributed by atoms with Crippen LogP contribution in [0.4, 0.5) is 4.39 Å². The van der Waals surface area contributed by atoms with Gasteiger partial charge in [0.2, 0.25) is 5.91 Å². The second-order valence-electron chi connectivity index (χ2n) is 7.46. The van der Waals surface area contributed by atoms with E-state index in [-0.39, 0.29) is 12.3 Å². The summed E-state index contributed by atoms with van der Waals surface area (Å²) in [5.41, 5.74) is 0.00997. The standard InChI is InChI=1S/C17H23BFNO3/c1-16(2)17(3,4)23-18(22-16)13-8-5-11(9-14(13)19)10-15(21)20-12-6-7-12/h5,8-9,12H,6-7,10H2,1-4H3,(H,20,21). The van der Waals surface area contributed by atoms with Gasteiger partial charge in [0.05, 0.1) is 17.6 Å². The van der Waals surface area contributed by atoms with Gasteiger partial charge in [0.15, 0.2) is 0 Å². The van der Waals surface area contributed by atoms with E-state index in [9.17, 15) is 9.18 Å². The lowest BCUT2D eigenvalue weighted by molar-refractivity contribution is -0.120. The largest absolute Gasteiger partial charge is 0.497 e. The molecule has 124 valence electrons. The summed E-state index contributed by atoms with van der Waals surface area (Å²) in [5, 5.41) is 2.90. The maximum absolute atomic E-state index is 14.4. The van der Waals surface area contributed by atoms with Crippen molar-refractivity contribution in [3.05, 3.63) is 29.6 Å². The predicted molar refractivity (Wildman–Crippen MR) is 87.0 cm³/mol. The van der Waals surface area contributed by atoms with Crippen LogP contribution in [-0.4, -0.2) is 30.3 Å². The molecule has 1 aliphatic heterocycles. The molecule has 1 saturated carbocycles. The molecule has 1 aromatic carbocycles. The van der Waals surface area contributed by atoms with Crippen LogP contribution in [0.25, 0.3) is 0 Å². The van der Waals surface area contributed by atoms with Crippen molar-refractivity contribution in [2.45, 2.75) is 64.2 Å². The first-order chi connectivity index (χ1) is 10.7. The zero-order valence-corrected chi connectivity index (χ0v) is 14.1. The van der Waals surface area contributed by atoms with E-state index in [1.165, 1.54) is 6.07 Å². The first-order valence-electron chi connectivity index (χ1n) is 8.11. The van der Waals surface area contributed by atoms with Crippen LogP contribution in [0.15, 0.2) is 18.2 Å². The van der Waals surface area contributed by atoms with Crippen molar-refractivity contribution in [3.63, 3.8) is 0 Å². The van der Waals surface area contributed by atoms with Gasteiger partial charge in [-0.3, -0.25) is 4.79 Å². The van der Waals surface area contributed by atoms with E-state index in [1.807, 2.05) is 27.7 Å². The zero-order chi connectivity index (χ0) is 16.8. The fraction of sp³-hybridized carbons (Fsp3) is 0.588. The summed E-state index contributed by atoms with van der Waals surface area (Å²) in [7, 11) is -0.727. The van der Waals surface area contributed by atoms with Gasteiger partial charge in [-0.05, 0) is 52.2 Å². The van der Waals surface area contributed by atoms with E-state index in [1.54, 1.807) is 12.1 Å². The molecule has 0 atom stereocenters. The molecule has 1 aliphatic carbocycles. The third-order valence-corrected chi connectivity index (χ3v) is 4.88. The van der Waals surface area contributed by atoms with Crippen molar-refractivity contribution in [3.8, 4) is 0 Å².